The van der Waals surface area contributed by atoms with Crippen LogP contribution in [0.4, 0.5) is 0 Å². The van der Waals surface area contributed by atoms with Crippen molar-refractivity contribution in [3.05, 3.63) is 28.3 Å². The van der Waals surface area contributed by atoms with Crippen molar-refractivity contribution in [1.82, 2.24) is 0 Å². The van der Waals surface area contributed by atoms with Crippen LogP contribution in [0.3, 0.4) is 0 Å². The SMILES string of the molecule is NS(=O)(=O)c1cc(Cl)cc2c1C(=O)OCC2. The Morgan fingerprint density at radius 3 is 2.69 bits per heavy atom. The van der Waals surface area contributed by atoms with Crippen LogP contribution >= 0.6 is 11.6 Å². The van der Waals surface area contributed by atoms with E-state index in [0.717, 1.165) is 6.07 Å². The van der Waals surface area contributed by atoms with Crippen molar-refractivity contribution in [2.24, 2.45) is 5.14 Å². The fourth-order valence-electron chi connectivity index (χ4n) is 1.62. The first-order valence-corrected chi connectivity index (χ1v) is 6.34. The molecule has 0 aliphatic carbocycles. The van der Waals surface area contributed by atoms with Crippen molar-refractivity contribution in [3.63, 3.8) is 0 Å². The van der Waals surface area contributed by atoms with E-state index in [1.807, 2.05) is 0 Å². The van der Waals surface area contributed by atoms with E-state index in [2.05, 4.69) is 0 Å². The van der Waals surface area contributed by atoms with Gasteiger partial charge in [-0.05, 0) is 17.7 Å². The van der Waals surface area contributed by atoms with Crippen molar-refractivity contribution >= 4 is 27.6 Å². The number of halogens is 1. The number of rotatable bonds is 1. The third-order valence-electron chi connectivity index (χ3n) is 2.26. The van der Waals surface area contributed by atoms with Crippen molar-refractivity contribution < 1.29 is 17.9 Å². The van der Waals surface area contributed by atoms with Crippen LogP contribution in [0.15, 0.2) is 17.0 Å². The van der Waals surface area contributed by atoms with Gasteiger partial charge in [0.25, 0.3) is 0 Å². The number of esters is 1. The van der Waals surface area contributed by atoms with E-state index in [1.165, 1.54) is 0 Å². The van der Waals surface area contributed by atoms with Crippen LogP contribution in [0.2, 0.25) is 5.02 Å². The predicted molar refractivity (Wildman–Crippen MR) is 56.8 cm³/mol. The quantitative estimate of drug-likeness (QED) is 0.754. The molecule has 0 spiro atoms. The lowest BCUT2D eigenvalue weighted by Gasteiger charge is -2.18. The van der Waals surface area contributed by atoms with E-state index < -0.39 is 16.0 Å². The minimum atomic E-state index is -3.98. The third kappa shape index (κ3) is 1.91. The normalized spacial score (nSPS) is 15.5. The highest BCUT2D eigenvalue weighted by Gasteiger charge is 2.27. The van der Waals surface area contributed by atoms with Gasteiger partial charge >= 0.3 is 5.97 Å². The molecular weight excluding hydrogens is 254 g/mol. The average molecular weight is 262 g/mol. The highest BCUT2D eigenvalue weighted by Crippen LogP contribution is 2.27. The fourth-order valence-corrected chi connectivity index (χ4v) is 2.71. The van der Waals surface area contributed by atoms with Gasteiger partial charge in [-0.1, -0.05) is 11.6 Å². The third-order valence-corrected chi connectivity index (χ3v) is 3.42. The molecule has 0 saturated carbocycles. The van der Waals surface area contributed by atoms with Gasteiger partial charge < -0.3 is 4.74 Å². The predicted octanol–water partition coefficient (Wildman–Crippen LogP) is 0.700. The molecule has 1 heterocycles. The van der Waals surface area contributed by atoms with Gasteiger partial charge in [0.2, 0.25) is 10.0 Å². The molecule has 1 aliphatic rings. The number of primary sulfonamides is 1. The summed E-state index contributed by atoms with van der Waals surface area (Å²) >= 11 is 5.76. The molecule has 1 aromatic rings. The van der Waals surface area contributed by atoms with Gasteiger partial charge in [0.15, 0.2) is 0 Å². The van der Waals surface area contributed by atoms with Crippen molar-refractivity contribution in [2.45, 2.75) is 11.3 Å². The summed E-state index contributed by atoms with van der Waals surface area (Å²) in [5.41, 5.74) is 0.547. The second-order valence-electron chi connectivity index (χ2n) is 3.37. The van der Waals surface area contributed by atoms with E-state index in [0.29, 0.717) is 12.0 Å². The molecule has 0 radical (unpaired) electrons. The standard InChI is InChI=1S/C9H8ClNO4S/c10-6-3-5-1-2-15-9(12)8(5)7(4-6)16(11,13)14/h3-4H,1-2H2,(H2,11,13,14). The van der Waals surface area contributed by atoms with Crippen molar-refractivity contribution in [1.29, 1.82) is 0 Å². The minimum absolute atomic E-state index is 0.00171. The molecular formula is C9H8ClNO4S. The molecule has 1 aromatic carbocycles. The highest BCUT2D eigenvalue weighted by molar-refractivity contribution is 7.89. The summed E-state index contributed by atoms with van der Waals surface area (Å²) in [6, 6.07) is 2.70. The lowest BCUT2D eigenvalue weighted by molar-refractivity contribution is 0.0475. The van der Waals surface area contributed by atoms with E-state index in [4.69, 9.17) is 21.5 Å². The molecule has 0 aromatic heterocycles. The number of benzene rings is 1. The molecule has 86 valence electrons. The summed E-state index contributed by atoms with van der Waals surface area (Å²) < 4.78 is 27.4. The van der Waals surface area contributed by atoms with Gasteiger partial charge in [-0.3, -0.25) is 0 Å². The largest absolute Gasteiger partial charge is 0.462 e. The molecule has 0 unspecified atom stereocenters. The molecule has 2 N–H and O–H groups in total. The first-order chi connectivity index (χ1) is 7.39. The number of fused-ring (bicyclic) bond motifs is 1. The zero-order valence-electron chi connectivity index (χ0n) is 8.07. The second kappa shape index (κ2) is 3.73. The van der Waals surface area contributed by atoms with Gasteiger partial charge in [0.1, 0.15) is 0 Å². The number of carbonyl (C=O) groups excluding carboxylic acids is 1. The number of ether oxygens (including phenoxy) is 1. The summed E-state index contributed by atoms with van der Waals surface area (Å²) in [7, 11) is -3.98. The van der Waals surface area contributed by atoms with Crippen LogP contribution in [0.5, 0.6) is 0 Å². The van der Waals surface area contributed by atoms with Crippen LogP contribution in [-0.2, 0) is 21.2 Å². The Morgan fingerprint density at radius 2 is 2.06 bits per heavy atom. The van der Waals surface area contributed by atoms with E-state index >= 15 is 0 Å². The van der Waals surface area contributed by atoms with E-state index in [1.54, 1.807) is 6.07 Å². The van der Waals surface area contributed by atoms with Gasteiger partial charge in [-0.2, -0.15) is 0 Å². The average Bonchev–Trinajstić information content (AvgIpc) is 2.15. The summed E-state index contributed by atoms with van der Waals surface area (Å²) in [5, 5.41) is 5.25. The maximum Gasteiger partial charge on any atom is 0.339 e. The number of cyclic esters (lactones) is 1. The Hall–Kier alpha value is -1.11. The summed E-state index contributed by atoms with van der Waals surface area (Å²) in [5.74, 6) is -0.679. The summed E-state index contributed by atoms with van der Waals surface area (Å²) in [6.07, 6.45) is 0.435. The minimum Gasteiger partial charge on any atom is -0.462 e. The summed E-state index contributed by atoms with van der Waals surface area (Å²) in [4.78, 5) is 11.2. The zero-order valence-corrected chi connectivity index (χ0v) is 9.64. The Bertz CT molecular complexity index is 567. The second-order valence-corrected chi connectivity index (χ2v) is 5.34. The van der Waals surface area contributed by atoms with Gasteiger partial charge in [-0.15, -0.1) is 0 Å². The molecule has 5 nitrogen and oxygen atoms in total. The number of hydrogen-bond acceptors (Lipinski definition) is 4. The van der Waals surface area contributed by atoms with Crippen LogP contribution in [0.1, 0.15) is 15.9 Å². The molecule has 0 saturated heterocycles. The Morgan fingerprint density at radius 1 is 1.38 bits per heavy atom. The van der Waals surface area contributed by atoms with Crippen LogP contribution < -0.4 is 5.14 Å². The Labute approximate surface area is 97.2 Å². The van der Waals surface area contributed by atoms with Crippen molar-refractivity contribution in [3.8, 4) is 0 Å². The molecule has 2 rings (SSSR count). The van der Waals surface area contributed by atoms with Gasteiger partial charge in [0, 0.05) is 11.4 Å². The van der Waals surface area contributed by atoms with E-state index in [9.17, 15) is 13.2 Å². The molecule has 0 atom stereocenters. The molecule has 7 heteroatoms. The topological polar surface area (TPSA) is 86.5 Å². The van der Waals surface area contributed by atoms with Crippen LogP contribution in [0, 0.1) is 0 Å². The Balaban J connectivity index is 2.79. The van der Waals surface area contributed by atoms with Crippen LogP contribution in [-0.4, -0.2) is 21.0 Å². The first-order valence-electron chi connectivity index (χ1n) is 4.42. The van der Waals surface area contributed by atoms with Gasteiger partial charge in [0.05, 0.1) is 17.1 Å². The molecule has 16 heavy (non-hydrogen) atoms. The number of carbonyl (C=O) groups is 1. The smallest absolute Gasteiger partial charge is 0.339 e. The van der Waals surface area contributed by atoms with Gasteiger partial charge in [-0.25, -0.2) is 18.4 Å². The molecule has 0 amide bonds. The molecule has 0 fully saturated rings. The number of hydrogen-bond donors (Lipinski definition) is 1. The maximum atomic E-state index is 11.5. The first kappa shape index (κ1) is 11.4. The monoisotopic (exact) mass is 261 g/mol. The van der Waals surface area contributed by atoms with Crippen LogP contribution in [0.25, 0.3) is 0 Å². The molecule has 1 aliphatic heterocycles. The van der Waals surface area contributed by atoms with Crippen molar-refractivity contribution in [2.75, 3.05) is 6.61 Å². The fraction of sp³-hybridized carbons (Fsp3) is 0.222. The Kier molecular flexibility index (Phi) is 2.65. The lowest BCUT2D eigenvalue weighted by atomic mass is 10.0. The lowest BCUT2D eigenvalue weighted by Crippen LogP contribution is -2.24. The summed E-state index contributed by atoms with van der Waals surface area (Å²) in [6.45, 7) is 0.218. The zero-order chi connectivity index (χ0) is 11.9. The number of nitrogens with two attached hydrogens (primary N) is 1. The maximum absolute atomic E-state index is 11.5. The highest BCUT2D eigenvalue weighted by atomic mass is 35.5. The molecule has 0 bridgehead atoms. The number of sulfonamides is 1. The van der Waals surface area contributed by atoms with E-state index in [-0.39, 0.29) is 22.1 Å².